The third-order valence-corrected chi connectivity index (χ3v) is 2.94. The third-order valence-electron chi connectivity index (χ3n) is 2.94. The van der Waals surface area contributed by atoms with E-state index in [0.717, 1.165) is 17.5 Å². The molecule has 17 heavy (non-hydrogen) atoms. The van der Waals surface area contributed by atoms with Crippen LogP contribution in [0.15, 0.2) is 24.3 Å². The molecule has 4 nitrogen and oxygen atoms in total. The molecule has 0 aromatic heterocycles. The molecule has 0 fully saturated rings. The highest BCUT2D eigenvalue weighted by molar-refractivity contribution is 5.79. The number of hydrogen-bond donors (Lipinski definition) is 2. The van der Waals surface area contributed by atoms with E-state index in [0.29, 0.717) is 13.1 Å². The molecule has 0 aliphatic carbocycles. The molecule has 0 bridgehead atoms. The number of carbonyl (C=O) groups excluding carboxylic acids is 1. The second-order valence-electron chi connectivity index (χ2n) is 4.26. The number of primary amides is 1. The molecule has 0 saturated heterocycles. The molecule has 1 atom stereocenters. The second-order valence-corrected chi connectivity index (χ2v) is 4.26. The van der Waals surface area contributed by atoms with Gasteiger partial charge in [0.15, 0.2) is 0 Å². The van der Waals surface area contributed by atoms with Crippen LogP contribution < -0.4 is 11.5 Å². The van der Waals surface area contributed by atoms with E-state index in [4.69, 9.17) is 11.5 Å². The summed E-state index contributed by atoms with van der Waals surface area (Å²) in [5, 5.41) is 0. The Morgan fingerprint density at radius 2 is 1.82 bits per heavy atom. The summed E-state index contributed by atoms with van der Waals surface area (Å²) in [6, 6.07) is 7.88. The average Bonchev–Trinajstić information content (AvgIpc) is 2.30. The van der Waals surface area contributed by atoms with Gasteiger partial charge in [-0.05, 0) is 24.6 Å². The van der Waals surface area contributed by atoms with Gasteiger partial charge in [0.1, 0.15) is 0 Å². The zero-order valence-electron chi connectivity index (χ0n) is 10.5. The molecule has 0 heterocycles. The minimum Gasteiger partial charge on any atom is -0.368 e. The molecule has 0 aliphatic rings. The van der Waals surface area contributed by atoms with Crippen LogP contribution in [0.3, 0.4) is 0 Å². The van der Waals surface area contributed by atoms with Gasteiger partial charge in [-0.15, -0.1) is 0 Å². The molecular formula is C13H21N3O. The summed E-state index contributed by atoms with van der Waals surface area (Å²) in [4.78, 5) is 13.2. The topological polar surface area (TPSA) is 72.4 Å². The predicted molar refractivity (Wildman–Crippen MR) is 69.1 cm³/mol. The van der Waals surface area contributed by atoms with Gasteiger partial charge in [-0.3, -0.25) is 9.69 Å². The van der Waals surface area contributed by atoms with Crippen LogP contribution in [-0.2, 0) is 17.9 Å². The van der Waals surface area contributed by atoms with Crippen molar-refractivity contribution in [1.29, 1.82) is 0 Å². The molecule has 0 saturated carbocycles. The molecule has 1 rings (SSSR count). The number of carbonyl (C=O) groups is 1. The molecule has 4 N–H and O–H groups in total. The van der Waals surface area contributed by atoms with E-state index in [1.165, 1.54) is 0 Å². The molecule has 1 amide bonds. The van der Waals surface area contributed by atoms with E-state index >= 15 is 0 Å². The minimum atomic E-state index is -0.270. The van der Waals surface area contributed by atoms with Crippen molar-refractivity contribution in [3.05, 3.63) is 35.4 Å². The summed E-state index contributed by atoms with van der Waals surface area (Å²) < 4.78 is 0. The van der Waals surface area contributed by atoms with Gasteiger partial charge >= 0.3 is 0 Å². The highest BCUT2D eigenvalue weighted by Gasteiger charge is 2.18. The van der Waals surface area contributed by atoms with Crippen molar-refractivity contribution in [2.24, 2.45) is 11.5 Å². The molecule has 94 valence electrons. The van der Waals surface area contributed by atoms with E-state index < -0.39 is 0 Å². The fourth-order valence-electron chi connectivity index (χ4n) is 1.91. The van der Waals surface area contributed by atoms with Crippen LogP contribution in [0.2, 0.25) is 0 Å². The quantitative estimate of drug-likeness (QED) is 0.767. The molecular weight excluding hydrogens is 214 g/mol. The molecule has 0 spiro atoms. The fraction of sp³-hybridized carbons (Fsp3) is 0.462. The van der Waals surface area contributed by atoms with Crippen LogP contribution in [0.5, 0.6) is 0 Å². The van der Waals surface area contributed by atoms with Crippen molar-refractivity contribution in [2.75, 3.05) is 7.05 Å². The van der Waals surface area contributed by atoms with Gasteiger partial charge in [0.2, 0.25) is 5.91 Å². The van der Waals surface area contributed by atoms with Crippen LogP contribution in [0.4, 0.5) is 0 Å². The van der Waals surface area contributed by atoms with Crippen molar-refractivity contribution < 1.29 is 4.79 Å². The van der Waals surface area contributed by atoms with Gasteiger partial charge < -0.3 is 11.5 Å². The monoisotopic (exact) mass is 235 g/mol. The summed E-state index contributed by atoms with van der Waals surface area (Å²) in [5.41, 5.74) is 13.2. The summed E-state index contributed by atoms with van der Waals surface area (Å²) >= 11 is 0. The SMILES string of the molecule is CCC(C(N)=O)N(C)Cc1ccc(CN)cc1. The minimum absolute atomic E-state index is 0.204. The Bertz CT molecular complexity index is 361. The van der Waals surface area contributed by atoms with Crippen molar-refractivity contribution in [3.63, 3.8) is 0 Å². The molecule has 1 unspecified atom stereocenters. The zero-order valence-corrected chi connectivity index (χ0v) is 10.5. The fourth-order valence-corrected chi connectivity index (χ4v) is 1.91. The zero-order chi connectivity index (χ0) is 12.8. The van der Waals surface area contributed by atoms with Crippen molar-refractivity contribution in [3.8, 4) is 0 Å². The lowest BCUT2D eigenvalue weighted by Crippen LogP contribution is -2.41. The van der Waals surface area contributed by atoms with E-state index in [1.54, 1.807) is 0 Å². The van der Waals surface area contributed by atoms with Crippen molar-refractivity contribution in [2.45, 2.75) is 32.5 Å². The first-order valence-electron chi connectivity index (χ1n) is 5.86. The van der Waals surface area contributed by atoms with Gasteiger partial charge in [0, 0.05) is 13.1 Å². The first-order chi connectivity index (χ1) is 8.08. The maximum absolute atomic E-state index is 11.2. The van der Waals surface area contributed by atoms with Crippen LogP contribution in [0.25, 0.3) is 0 Å². The number of hydrogen-bond acceptors (Lipinski definition) is 3. The van der Waals surface area contributed by atoms with Crippen LogP contribution in [0, 0.1) is 0 Å². The second kappa shape index (κ2) is 6.37. The predicted octanol–water partition coefficient (Wildman–Crippen LogP) is 0.841. The first-order valence-corrected chi connectivity index (χ1v) is 5.86. The summed E-state index contributed by atoms with van der Waals surface area (Å²) in [7, 11) is 1.91. The van der Waals surface area contributed by atoms with E-state index in [9.17, 15) is 4.79 Å². The molecule has 0 aliphatic heterocycles. The standard InChI is InChI=1S/C13H21N3O/c1-3-12(13(15)17)16(2)9-11-6-4-10(8-14)5-7-11/h4-7,12H,3,8-9,14H2,1-2H3,(H2,15,17). The Morgan fingerprint density at radius 3 is 2.24 bits per heavy atom. The number of nitrogens with zero attached hydrogens (tertiary/aromatic N) is 1. The molecule has 4 heteroatoms. The molecule has 0 radical (unpaired) electrons. The largest absolute Gasteiger partial charge is 0.368 e. The number of nitrogens with two attached hydrogens (primary N) is 2. The van der Waals surface area contributed by atoms with Crippen LogP contribution in [0.1, 0.15) is 24.5 Å². The lowest BCUT2D eigenvalue weighted by atomic mass is 10.1. The van der Waals surface area contributed by atoms with Gasteiger partial charge in [-0.1, -0.05) is 31.2 Å². The smallest absolute Gasteiger partial charge is 0.234 e. The Kier molecular flexibility index (Phi) is 5.12. The Balaban J connectivity index is 2.66. The lowest BCUT2D eigenvalue weighted by molar-refractivity contribution is -0.123. The number of amides is 1. The van der Waals surface area contributed by atoms with E-state index in [2.05, 4.69) is 0 Å². The molecule has 1 aromatic rings. The highest BCUT2D eigenvalue weighted by atomic mass is 16.1. The summed E-state index contributed by atoms with van der Waals surface area (Å²) in [6.45, 7) is 3.23. The maximum atomic E-state index is 11.2. The van der Waals surface area contributed by atoms with Crippen molar-refractivity contribution >= 4 is 5.91 Å². The summed E-state index contributed by atoms with van der Waals surface area (Å²) in [5.74, 6) is -0.270. The molecule has 1 aromatic carbocycles. The highest BCUT2D eigenvalue weighted by Crippen LogP contribution is 2.10. The number of likely N-dealkylation sites (N-methyl/N-ethyl adjacent to an activating group) is 1. The first kappa shape index (κ1) is 13.7. The third kappa shape index (κ3) is 3.84. The Labute approximate surface area is 103 Å². The normalized spacial score (nSPS) is 12.7. The van der Waals surface area contributed by atoms with Crippen LogP contribution in [-0.4, -0.2) is 23.9 Å². The lowest BCUT2D eigenvalue weighted by Gasteiger charge is -2.24. The average molecular weight is 235 g/mol. The Morgan fingerprint density at radius 1 is 1.29 bits per heavy atom. The summed E-state index contributed by atoms with van der Waals surface area (Å²) in [6.07, 6.45) is 0.729. The maximum Gasteiger partial charge on any atom is 0.234 e. The van der Waals surface area contributed by atoms with Gasteiger partial charge in [0.25, 0.3) is 0 Å². The number of rotatable bonds is 6. The van der Waals surface area contributed by atoms with Crippen molar-refractivity contribution in [1.82, 2.24) is 4.90 Å². The Hall–Kier alpha value is -1.39. The van der Waals surface area contributed by atoms with Gasteiger partial charge in [0.05, 0.1) is 6.04 Å². The number of benzene rings is 1. The van der Waals surface area contributed by atoms with Gasteiger partial charge in [-0.2, -0.15) is 0 Å². The van der Waals surface area contributed by atoms with E-state index in [1.807, 2.05) is 43.1 Å². The van der Waals surface area contributed by atoms with E-state index in [-0.39, 0.29) is 11.9 Å². The van der Waals surface area contributed by atoms with Gasteiger partial charge in [-0.25, -0.2) is 0 Å². The van der Waals surface area contributed by atoms with Crippen LogP contribution >= 0.6 is 0 Å².